The molecule has 0 radical (unpaired) electrons. The van der Waals surface area contributed by atoms with Crippen LogP contribution in [0.2, 0.25) is 0 Å². The van der Waals surface area contributed by atoms with Crippen molar-refractivity contribution in [1.29, 1.82) is 0 Å². The Balaban J connectivity index is 4.12. The van der Waals surface area contributed by atoms with Crippen molar-refractivity contribution < 1.29 is 17.7 Å². The molecule has 0 aromatic heterocycles. The highest BCUT2D eigenvalue weighted by atomic mass is 32.2. The third-order valence-corrected chi connectivity index (χ3v) is 1.69. The van der Waals surface area contributed by atoms with Crippen LogP contribution in [0.5, 0.6) is 0 Å². The van der Waals surface area contributed by atoms with Crippen molar-refractivity contribution in [3.05, 3.63) is 12.8 Å². The monoisotopic (exact) mass is 207 g/mol. The molecule has 0 fully saturated rings. The molecule has 0 saturated carbocycles. The molecule has 0 aliphatic heterocycles. The van der Waals surface area contributed by atoms with Crippen molar-refractivity contribution >= 4 is 17.3 Å². The predicted molar refractivity (Wildman–Crippen MR) is 48.8 cm³/mol. The van der Waals surface area contributed by atoms with Gasteiger partial charge >= 0.3 is 11.4 Å². The Labute approximate surface area is 79.7 Å². The van der Waals surface area contributed by atoms with Gasteiger partial charge in [0.1, 0.15) is 0 Å². The number of carbonyl (C=O) groups is 1. The maximum absolute atomic E-state index is 11.2. The van der Waals surface area contributed by atoms with E-state index in [1.54, 1.807) is 13.8 Å². The second-order valence-corrected chi connectivity index (χ2v) is 3.71. The van der Waals surface area contributed by atoms with Crippen LogP contribution in [0.15, 0.2) is 12.8 Å². The van der Waals surface area contributed by atoms with Gasteiger partial charge in [-0.3, -0.25) is 13.5 Å². The average molecular weight is 207 g/mol. The van der Waals surface area contributed by atoms with E-state index in [1.165, 1.54) is 6.20 Å². The van der Waals surface area contributed by atoms with E-state index in [-0.39, 0.29) is 12.5 Å². The van der Waals surface area contributed by atoms with Gasteiger partial charge in [0, 0.05) is 0 Å². The van der Waals surface area contributed by atoms with Crippen molar-refractivity contribution in [2.24, 2.45) is 5.41 Å². The molecule has 1 atom stereocenters. The zero-order valence-electron chi connectivity index (χ0n) is 7.57. The predicted octanol–water partition coefficient (Wildman–Crippen LogP) is 0.426. The van der Waals surface area contributed by atoms with E-state index in [9.17, 15) is 9.00 Å². The van der Waals surface area contributed by atoms with Gasteiger partial charge in [-0.15, -0.1) is 0 Å². The summed E-state index contributed by atoms with van der Waals surface area (Å²) in [5, 5.41) is 2.37. The largest absolute Gasteiger partial charge is 0.333 e. The average Bonchev–Trinajstić information content (AvgIpc) is 2.01. The summed E-state index contributed by atoms with van der Waals surface area (Å²) >= 11 is -2.34. The van der Waals surface area contributed by atoms with E-state index in [2.05, 4.69) is 16.1 Å². The lowest BCUT2D eigenvalue weighted by atomic mass is 9.94. The topological polar surface area (TPSA) is 75.6 Å². The van der Waals surface area contributed by atoms with Crippen LogP contribution >= 0.6 is 0 Å². The maximum Gasteiger partial charge on any atom is 0.301 e. The highest BCUT2D eigenvalue weighted by Crippen LogP contribution is 2.15. The van der Waals surface area contributed by atoms with Gasteiger partial charge < -0.3 is 5.32 Å². The summed E-state index contributed by atoms with van der Waals surface area (Å²) < 4.78 is 22.9. The molecule has 5 nitrogen and oxygen atoms in total. The van der Waals surface area contributed by atoms with Gasteiger partial charge in [0.05, 0.1) is 12.0 Å². The Morgan fingerprint density at radius 3 is 2.69 bits per heavy atom. The standard InChI is InChI=1S/C7H13NO4S/c1-4-8-6(9)7(2,3)5-12-13(10)11/h4H,1,5H2,2-3H3,(H,8,9)(H,10,11). The Morgan fingerprint density at radius 1 is 1.77 bits per heavy atom. The fourth-order valence-corrected chi connectivity index (χ4v) is 0.947. The van der Waals surface area contributed by atoms with Gasteiger partial charge in [0.25, 0.3) is 0 Å². The summed E-state index contributed by atoms with van der Waals surface area (Å²) in [5.41, 5.74) is -0.855. The van der Waals surface area contributed by atoms with E-state index in [0.717, 1.165) is 0 Å². The highest BCUT2D eigenvalue weighted by Gasteiger charge is 2.28. The lowest BCUT2D eigenvalue weighted by molar-refractivity contribution is -0.129. The molecule has 6 heteroatoms. The van der Waals surface area contributed by atoms with Crippen LogP contribution in [0.1, 0.15) is 13.8 Å². The highest BCUT2D eigenvalue weighted by molar-refractivity contribution is 7.74. The molecule has 0 aromatic rings. The molecule has 0 rings (SSSR count). The van der Waals surface area contributed by atoms with Crippen molar-refractivity contribution in [3.8, 4) is 0 Å². The molecule has 1 amide bonds. The third kappa shape index (κ3) is 4.76. The summed E-state index contributed by atoms with van der Waals surface area (Å²) in [7, 11) is 0. The first-order valence-corrected chi connectivity index (χ1v) is 4.59. The van der Waals surface area contributed by atoms with E-state index in [0.29, 0.717) is 0 Å². The van der Waals surface area contributed by atoms with Crippen LogP contribution in [0.3, 0.4) is 0 Å². The zero-order chi connectivity index (χ0) is 10.5. The number of nitrogens with one attached hydrogen (secondary N) is 1. The smallest absolute Gasteiger partial charge is 0.301 e. The van der Waals surface area contributed by atoms with Crippen LogP contribution in [0.25, 0.3) is 0 Å². The molecule has 1 unspecified atom stereocenters. The van der Waals surface area contributed by atoms with Gasteiger partial charge in [-0.05, 0) is 20.0 Å². The van der Waals surface area contributed by atoms with Gasteiger partial charge in [-0.1, -0.05) is 6.58 Å². The first-order valence-electron chi connectivity index (χ1n) is 3.56. The summed E-state index contributed by atoms with van der Waals surface area (Å²) in [4.78, 5) is 11.2. The van der Waals surface area contributed by atoms with Gasteiger partial charge in [0.15, 0.2) is 0 Å². The van der Waals surface area contributed by atoms with E-state index >= 15 is 0 Å². The van der Waals surface area contributed by atoms with Crippen molar-refractivity contribution in [2.45, 2.75) is 13.8 Å². The fraction of sp³-hybridized carbons (Fsp3) is 0.571. The minimum atomic E-state index is -2.34. The molecular weight excluding hydrogens is 194 g/mol. The lowest BCUT2D eigenvalue weighted by Gasteiger charge is -2.20. The Hall–Kier alpha value is -0.720. The summed E-state index contributed by atoms with van der Waals surface area (Å²) in [6, 6.07) is 0. The molecule has 0 aliphatic carbocycles. The molecule has 0 aromatic carbocycles. The molecule has 0 aliphatic rings. The van der Waals surface area contributed by atoms with Crippen LogP contribution in [0.4, 0.5) is 0 Å². The molecule has 0 heterocycles. The number of rotatable bonds is 5. The minimum Gasteiger partial charge on any atom is -0.333 e. The summed E-state index contributed by atoms with van der Waals surface area (Å²) in [6.45, 7) is 6.39. The SMILES string of the molecule is C=CNC(=O)C(C)(C)COS(=O)O. The van der Waals surface area contributed by atoms with Crippen LogP contribution in [0, 0.1) is 5.41 Å². The molecule has 76 valence electrons. The Kier molecular flexibility index (Phi) is 4.82. The van der Waals surface area contributed by atoms with Crippen LogP contribution in [-0.4, -0.2) is 21.3 Å². The molecular formula is C7H13NO4S. The number of carbonyl (C=O) groups excluding carboxylic acids is 1. The van der Waals surface area contributed by atoms with Crippen LogP contribution in [-0.2, 0) is 20.3 Å². The first-order chi connectivity index (χ1) is 5.90. The van der Waals surface area contributed by atoms with Crippen LogP contribution < -0.4 is 5.32 Å². The van der Waals surface area contributed by atoms with E-state index in [4.69, 9.17) is 4.55 Å². The van der Waals surface area contributed by atoms with Crippen molar-refractivity contribution in [2.75, 3.05) is 6.61 Å². The molecule has 0 saturated heterocycles. The number of amides is 1. The number of hydrogen-bond donors (Lipinski definition) is 2. The maximum atomic E-state index is 11.2. The van der Waals surface area contributed by atoms with Gasteiger partial charge in [-0.2, -0.15) is 4.21 Å². The number of hydrogen-bond acceptors (Lipinski definition) is 3. The molecule has 0 bridgehead atoms. The molecule has 2 N–H and O–H groups in total. The molecule has 0 spiro atoms. The second kappa shape index (κ2) is 5.11. The van der Waals surface area contributed by atoms with Crippen molar-refractivity contribution in [1.82, 2.24) is 5.32 Å². The minimum absolute atomic E-state index is 0.129. The van der Waals surface area contributed by atoms with E-state index in [1.807, 2.05) is 0 Å². The normalized spacial score (nSPS) is 13.5. The molecule has 13 heavy (non-hydrogen) atoms. The van der Waals surface area contributed by atoms with Gasteiger partial charge in [0.2, 0.25) is 5.91 Å². The summed E-state index contributed by atoms with van der Waals surface area (Å²) in [6.07, 6.45) is 1.25. The first kappa shape index (κ1) is 12.3. The summed E-state index contributed by atoms with van der Waals surface area (Å²) in [5.74, 6) is -0.312. The van der Waals surface area contributed by atoms with E-state index < -0.39 is 16.8 Å². The Bertz CT molecular complexity index is 227. The van der Waals surface area contributed by atoms with Crippen molar-refractivity contribution in [3.63, 3.8) is 0 Å². The zero-order valence-corrected chi connectivity index (χ0v) is 8.39. The third-order valence-electron chi connectivity index (χ3n) is 1.37. The second-order valence-electron chi connectivity index (χ2n) is 3.04. The Morgan fingerprint density at radius 2 is 2.31 bits per heavy atom. The fourth-order valence-electron chi connectivity index (χ4n) is 0.551. The quantitative estimate of drug-likeness (QED) is 0.641. The van der Waals surface area contributed by atoms with Gasteiger partial charge in [-0.25, -0.2) is 0 Å². The lowest BCUT2D eigenvalue weighted by Crippen LogP contribution is -2.37.